The highest BCUT2D eigenvalue weighted by atomic mass is 15.0. The molecule has 0 aromatic heterocycles. The number of fused-ring (bicyclic) bond motifs is 13. The highest BCUT2D eigenvalue weighted by molar-refractivity contribution is 6.02. The molecule has 1 heteroatoms. The van der Waals surface area contributed by atoms with Crippen LogP contribution in [0.4, 0.5) is 0 Å². The van der Waals surface area contributed by atoms with Gasteiger partial charge in [-0.05, 0) is 153 Å². The SMILES string of the molecule is CC1C(c2ccc3ccccc3c2)=C2C=Cc3ccccc3C2NC1C1(C)c2cc3ccccc3cc2-c2ccc3c(c21)-c1cc2ccccc2cc1C3c1ccccc1. The second kappa shape index (κ2) is 12.6. The first-order chi connectivity index (χ1) is 29.5. The predicted octanol–water partition coefficient (Wildman–Crippen LogP) is 14.4. The lowest BCUT2D eigenvalue weighted by molar-refractivity contribution is 0.287. The van der Waals surface area contributed by atoms with E-state index in [4.69, 9.17) is 0 Å². The summed E-state index contributed by atoms with van der Waals surface area (Å²) in [6, 6.07) is 69.1. The molecule has 13 rings (SSSR count). The third-order valence-electron chi connectivity index (χ3n) is 14.8. The third-order valence-corrected chi connectivity index (χ3v) is 14.8. The van der Waals surface area contributed by atoms with Gasteiger partial charge in [-0.2, -0.15) is 0 Å². The Morgan fingerprint density at radius 2 is 1.12 bits per heavy atom. The van der Waals surface area contributed by atoms with Crippen LogP contribution in [0.25, 0.3) is 66.2 Å². The van der Waals surface area contributed by atoms with Crippen molar-refractivity contribution in [2.75, 3.05) is 0 Å². The number of hydrogen-bond acceptors (Lipinski definition) is 1. The Kier molecular flexibility index (Phi) is 7.16. The average Bonchev–Trinajstić information content (AvgIpc) is 3.75. The van der Waals surface area contributed by atoms with Gasteiger partial charge in [0.25, 0.3) is 0 Å². The summed E-state index contributed by atoms with van der Waals surface area (Å²) >= 11 is 0. The maximum absolute atomic E-state index is 4.49. The molecule has 0 amide bonds. The zero-order chi connectivity index (χ0) is 39.7. The summed E-state index contributed by atoms with van der Waals surface area (Å²) in [7, 11) is 0. The lowest BCUT2D eigenvalue weighted by Crippen LogP contribution is -2.55. The maximum Gasteiger partial charge on any atom is 0.0588 e. The molecule has 0 fully saturated rings. The standard InChI is InChI=1S/C59H43N/c1-35-53(44-25-24-36-14-6-7-18-39(36)30-44)48-27-26-37-15-12-13-23-45(37)57(48)60-58(35)59(2)52-34-43-22-11-10-19-40(43)31-49(52)46-28-29-47-54(38-16-4-3-5-17-38)50-32-41-20-8-9-21-42(41)33-51(50)55(47)56(46)59/h3-35,54,57-58,60H,1-2H3. The zero-order valence-corrected chi connectivity index (χ0v) is 33.8. The molecule has 0 saturated carbocycles. The molecule has 1 heterocycles. The van der Waals surface area contributed by atoms with Crippen LogP contribution in [-0.4, -0.2) is 6.04 Å². The van der Waals surface area contributed by atoms with Gasteiger partial charge in [0.1, 0.15) is 0 Å². The van der Waals surface area contributed by atoms with Gasteiger partial charge in [-0.25, -0.2) is 0 Å². The highest BCUT2D eigenvalue weighted by Gasteiger charge is 2.53. The fraction of sp³-hybridized carbons (Fsp3) is 0.119. The molecule has 4 aliphatic rings. The van der Waals surface area contributed by atoms with Crippen LogP contribution in [-0.2, 0) is 5.41 Å². The average molecular weight is 766 g/mol. The number of nitrogens with one attached hydrogen (secondary N) is 1. The van der Waals surface area contributed by atoms with Crippen molar-refractivity contribution < 1.29 is 0 Å². The molecule has 5 atom stereocenters. The Bertz CT molecular complexity index is 3350. The van der Waals surface area contributed by atoms with Crippen molar-refractivity contribution in [1.82, 2.24) is 5.32 Å². The lowest BCUT2D eigenvalue weighted by atomic mass is 9.62. The monoisotopic (exact) mass is 765 g/mol. The fourth-order valence-electron chi connectivity index (χ4n) is 12.1. The third kappa shape index (κ3) is 4.67. The van der Waals surface area contributed by atoms with Crippen LogP contribution in [0, 0.1) is 5.92 Å². The van der Waals surface area contributed by atoms with E-state index >= 15 is 0 Å². The van der Waals surface area contributed by atoms with E-state index in [1.54, 1.807) is 0 Å². The molecule has 0 saturated heterocycles. The molecule has 60 heavy (non-hydrogen) atoms. The van der Waals surface area contributed by atoms with Crippen molar-refractivity contribution in [2.45, 2.75) is 37.3 Å². The van der Waals surface area contributed by atoms with Gasteiger partial charge in [0.15, 0.2) is 0 Å². The summed E-state index contributed by atoms with van der Waals surface area (Å²) in [5, 5.41) is 12.2. The van der Waals surface area contributed by atoms with Crippen LogP contribution in [0.2, 0.25) is 0 Å². The summed E-state index contributed by atoms with van der Waals surface area (Å²) in [6.07, 6.45) is 4.75. The first-order valence-corrected chi connectivity index (χ1v) is 21.6. The van der Waals surface area contributed by atoms with Crippen LogP contribution in [0.5, 0.6) is 0 Å². The fourth-order valence-corrected chi connectivity index (χ4v) is 12.1. The Labute approximate surface area is 351 Å². The molecule has 1 N–H and O–H groups in total. The van der Waals surface area contributed by atoms with Gasteiger partial charge in [-0.15, -0.1) is 0 Å². The lowest BCUT2D eigenvalue weighted by Gasteiger charge is -2.49. The first kappa shape index (κ1) is 34.1. The summed E-state index contributed by atoms with van der Waals surface area (Å²) in [5.74, 6) is 0.311. The van der Waals surface area contributed by atoms with E-state index < -0.39 is 5.41 Å². The molecule has 1 nitrogen and oxygen atoms in total. The van der Waals surface area contributed by atoms with Gasteiger partial charge in [0.2, 0.25) is 0 Å². The molecule has 0 spiro atoms. The molecule has 0 bridgehead atoms. The molecule has 5 unspecified atom stereocenters. The van der Waals surface area contributed by atoms with Gasteiger partial charge in [-0.1, -0.05) is 171 Å². The first-order valence-electron chi connectivity index (χ1n) is 21.6. The number of hydrogen-bond donors (Lipinski definition) is 1. The molecular weight excluding hydrogens is 723 g/mol. The van der Waals surface area contributed by atoms with E-state index in [1.165, 1.54) is 110 Å². The smallest absolute Gasteiger partial charge is 0.0588 e. The van der Waals surface area contributed by atoms with Crippen molar-refractivity contribution in [3.63, 3.8) is 0 Å². The molecule has 9 aromatic rings. The molecule has 3 aliphatic carbocycles. The van der Waals surface area contributed by atoms with Gasteiger partial charge in [-0.3, -0.25) is 0 Å². The Balaban J connectivity index is 1.12. The summed E-state index contributed by atoms with van der Waals surface area (Å²) in [4.78, 5) is 0. The minimum atomic E-state index is -0.405. The zero-order valence-electron chi connectivity index (χ0n) is 33.8. The predicted molar refractivity (Wildman–Crippen MR) is 251 cm³/mol. The van der Waals surface area contributed by atoms with Crippen LogP contribution in [0.3, 0.4) is 0 Å². The van der Waals surface area contributed by atoms with E-state index in [1.807, 2.05) is 0 Å². The highest BCUT2D eigenvalue weighted by Crippen LogP contribution is 2.63. The normalized spacial score (nSPS) is 22.0. The van der Waals surface area contributed by atoms with Gasteiger partial charge in [0.05, 0.1) is 6.04 Å². The molecule has 0 radical (unpaired) electrons. The van der Waals surface area contributed by atoms with E-state index in [-0.39, 0.29) is 23.9 Å². The Morgan fingerprint density at radius 3 is 1.88 bits per heavy atom. The molecule has 1 aliphatic heterocycles. The second-order valence-electron chi connectivity index (χ2n) is 17.8. The van der Waals surface area contributed by atoms with Crippen LogP contribution >= 0.6 is 0 Å². The quantitative estimate of drug-likeness (QED) is 0.189. The van der Waals surface area contributed by atoms with Crippen molar-refractivity contribution in [3.8, 4) is 22.3 Å². The summed E-state index contributed by atoms with van der Waals surface area (Å²) < 4.78 is 0. The van der Waals surface area contributed by atoms with E-state index in [2.05, 4.69) is 213 Å². The number of rotatable bonds is 3. The summed E-state index contributed by atoms with van der Waals surface area (Å²) in [5.41, 5.74) is 18.9. The molecule has 284 valence electrons. The van der Waals surface area contributed by atoms with Gasteiger partial charge >= 0.3 is 0 Å². The van der Waals surface area contributed by atoms with Crippen LogP contribution in [0.15, 0.2) is 194 Å². The van der Waals surface area contributed by atoms with Crippen LogP contribution < -0.4 is 5.32 Å². The van der Waals surface area contributed by atoms with E-state index in [0.717, 1.165) is 0 Å². The van der Waals surface area contributed by atoms with Crippen molar-refractivity contribution in [1.29, 1.82) is 0 Å². The Morgan fingerprint density at radius 1 is 0.483 bits per heavy atom. The van der Waals surface area contributed by atoms with Gasteiger partial charge < -0.3 is 5.32 Å². The van der Waals surface area contributed by atoms with Crippen molar-refractivity contribution in [3.05, 3.63) is 238 Å². The largest absolute Gasteiger partial charge is 0.302 e. The van der Waals surface area contributed by atoms with E-state index in [0.29, 0.717) is 0 Å². The minimum Gasteiger partial charge on any atom is -0.302 e. The molecular formula is C59H43N. The van der Waals surface area contributed by atoms with Crippen LogP contribution in [0.1, 0.15) is 70.3 Å². The van der Waals surface area contributed by atoms with Crippen molar-refractivity contribution in [2.24, 2.45) is 5.92 Å². The van der Waals surface area contributed by atoms with Crippen molar-refractivity contribution >= 4 is 44.0 Å². The maximum atomic E-state index is 4.49. The second-order valence-corrected chi connectivity index (χ2v) is 17.8. The Hall–Kier alpha value is -6.80. The summed E-state index contributed by atoms with van der Waals surface area (Å²) in [6.45, 7) is 5.09. The topological polar surface area (TPSA) is 12.0 Å². The minimum absolute atomic E-state index is 0.0451. The van der Waals surface area contributed by atoms with E-state index in [9.17, 15) is 0 Å². The number of benzene rings is 9. The molecule has 9 aromatic carbocycles. The van der Waals surface area contributed by atoms with Gasteiger partial charge in [0, 0.05) is 17.4 Å².